The van der Waals surface area contributed by atoms with Crippen LogP contribution in [0.5, 0.6) is 0 Å². The molecule has 4 rings (SSSR count). The van der Waals surface area contributed by atoms with Gasteiger partial charge in [0.1, 0.15) is 10.6 Å². The van der Waals surface area contributed by atoms with E-state index in [0.29, 0.717) is 18.4 Å². The Kier molecular flexibility index (Phi) is 5.47. The Hall–Kier alpha value is -1.87. The molecule has 2 aromatic carbocycles. The molecule has 1 aliphatic rings. The molecular weight excluding hydrogens is 423 g/mol. The van der Waals surface area contributed by atoms with Crippen molar-refractivity contribution in [3.05, 3.63) is 65.6 Å². The molecule has 0 radical (unpaired) electrons. The SMILES string of the molecule is CC(C)(C[C@H]1CCCc2c1c1ccccc1n2S(=O)(=O)c1ccc(F)cc1)[S+](N)[O-]. The highest BCUT2D eigenvalue weighted by Gasteiger charge is 2.38. The number of nitrogens with two attached hydrogens (primary N) is 1. The summed E-state index contributed by atoms with van der Waals surface area (Å²) in [6.45, 7) is 3.76. The zero-order valence-corrected chi connectivity index (χ0v) is 18.6. The fourth-order valence-corrected chi connectivity index (χ4v) is 6.46. The summed E-state index contributed by atoms with van der Waals surface area (Å²) in [5.41, 5.74) is 2.38. The summed E-state index contributed by atoms with van der Waals surface area (Å²) in [7, 11) is -3.90. The van der Waals surface area contributed by atoms with Gasteiger partial charge in [-0.3, -0.25) is 0 Å². The molecule has 1 aliphatic carbocycles. The van der Waals surface area contributed by atoms with Gasteiger partial charge < -0.3 is 4.55 Å². The first kappa shape index (κ1) is 21.4. The minimum Gasteiger partial charge on any atom is -0.598 e. The Morgan fingerprint density at radius 1 is 1.20 bits per heavy atom. The minimum atomic E-state index is -3.90. The van der Waals surface area contributed by atoms with Gasteiger partial charge in [0.25, 0.3) is 10.0 Å². The maximum atomic E-state index is 13.6. The van der Waals surface area contributed by atoms with Crippen LogP contribution in [0.2, 0.25) is 0 Å². The summed E-state index contributed by atoms with van der Waals surface area (Å²) in [5.74, 6) is -0.420. The molecule has 0 spiro atoms. The normalized spacial score (nSPS) is 18.4. The van der Waals surface area contributed by atoms with Crippen molar-refractivity contribution in [2.45, 2.75) is 55.1 Å². The summed E-state index contributed by atoms with van der Waals surface area (Å²) in [5, 5.41) is 6.61. The molecule has 1 unspecified atom stereocenters. The van der Waals surface area contributed by atoms with E-state index in [1.165, 1.54) is 16.1 Å². The number of nitrogens with zero attached hydrogens (tertiary/aromatic N) is 1. The number of rotatable bonds is 5. The molecule has 1 heterocycles. The molecule has 0 saturated carbocycles. The number of hydrogen-bond donors (Lipinski definition) is 1. The second-order valence-corrected chi connectivity index (χ2v) is 11.9. The zero-order valence-electron chi connectivity index (χ0n) is 17.0. The van der Waals surface area contributed by atoms with E-state index >= 15 is 0 Å². The molecule has 160 valence electrons. The Bertz CT molecular complexity index is 1190. The lowest BCUT2D eigenvalue weighted by atomic mass is 9.80. The van der Waals surface area contributed by atoms with Gasteiger partial charge in [-0.05, 0) is 74.9 Å². The van der Waals surface area contributed by atoms with Crippen molar-refractivity contribution >= 4 is 32.3 Å². The topological polar surface area (TPSA) is 88.2 Å². The maximum Gasteiger partial charge on any atom is 0.268 e. The molecule has 0 saturated heterocycles. The molecule has 2 N–H and O–H groups in total. The molecule has 0 amide bonds. The maximum absolute atomic E-state index is 13.6. The van der Waals surface area contributed by atoms with Crippen LogP contribution >= 0.6 is 0 Å². The second kappa shape index (κ2) is 7.67. The average molecular weight is 449 g/mol. The van der Waals surface area contributed by atoms with Gasteiger partial charge in [-0.25, -0.2) is 16.8 Å². The van der Waals surface area contributed by atoms with Crippen molar-refractivity contribution in [3.8, 4) is 0 Å². The Balaban J connectivity index is 1.93. The Labute approximate surface area is 179 Å². The first-order valence-electron chi connectivity index (χ1n) is 9.92. The van der Waals surface area contributed by atoms with E-state index in [1.54, 1.807) is 6.07 Å². The Morgan fingerprint density at radius 3 is 2.53 bits per heavy atom. The van der Waals surface area contributed by atoms with Crippen LogP contribution in [0, 0.1) is 5.82 Å². The standard InChI is InChI=1S/C22H25FN2O3S2/c1-22(2,29(24)26)14-15-6-5-9-20-21(15)18-7-3-4-8-19(18)25(20)30(27,28)17-12-10-16(23)11-13-17/h3-4,7-8,10-13,15H,5-6,9,14,24H2,1-2H3/t15-,29?/m1/s1. The van der Waals surface area contributed by atoms with E-state index in [9.17, 15) is 17.4 Å². The predicted molar refractivity (Wildman–Crippen MR) is 118 cm³/mol. The highest BCUT2D eigenvalue weighted by Crippen LogP contribution is 2.44. The molecule has 3 aromatic rings. The van der Waals surface area contributed by atoms with Crippen LogP contribution in [0.4, 0.5) is 4.39 Å². The van der Waals surface area contributed by atoms with Crippen LogP contribution < -0.4 is 5.14 Å². The molecule has 0 bridgehead atoms. The number of hydrogen-bond acceptors (Lipinski definition) is 4. The highest BCUT2D eigenvalue weighted by atomic mass is 32.2. The number of halogens is 1. The number of benzene rings is 2. The van der Waals surface area contributed by atoms with Crippen molar-refractivity contribution in [2.24, 2.45) is 5.14 Å². The molecule has 1 aromatic heterocycles. The van der Waals surface area contributed by atoms with Crippen molar-refractivity contribution in [1.82, 2.24) is 3.97 Å². The van der Waals surface area contributed by atoms with Gasteiger partial charge in [0.15, 0.2) is 0 Å². The summed E-state index contributed by atoms with van der Waals surface area (Å²) in [6.07, 6.45) is 2.96. The molecule has 8 heteroatoms. The first-order chi connectivity index (χ1) is 14.1. The number of aromatic nitrogens is 1. The van der Waals surface area contributed by atoms with Crippen LogP contribution in [0.1, 0.15) is 50.3 Å². The lowest BCUT2D eigenvalue weighted by molar-refractivity contribution is 0.446. The first-order valence-corrected chi connectivity index (χ1v) is 12.6. The average Bonchev–Trinajstić information content (AvgIpc) is 3.04. The van der Waals surface area contributed by atoms with Gasteiger partial charge >= 0.3 is 0 Å². The van der Waals surface area contributed by atoms with E-state index in [-0.39, 0.29) is 10.8 Å². The summed E-state index contributed by atoms with van der Waals surface area (Å²) in [6, 6.07) is 12.4. The predicted octanol–water partition coefficient (Wildman–Crippen LogP) is 4.23. The number of para-hydroxylation sites is 1. The van der Waals surface area contributed by atoms with Gasteiger partial charge in [-0.1, -0.05) is 18.2 Å². The third-order valence-electron chi connectivity index (χ3n) is 5.98. The monoisotopic (exact) mass is 448 g/mol. The van der Waals surface area contributed by atoms with Crippen molar-refractivity contribution in [3.63, 3.8) is 0 Å². The molecule has 0 fully saturated rings. The van der Waals surface area contributed by atoms with E-state index in [2.05, 4.69) is 0 Å². The van der Waals surface area contributed by atoms with Gasteiger partial charge in [0, 0.05) is 28.9 Å². The smallest absolute Gasteiger partial charge is 0.268 e. The largest absolute Gasteiger partial charge is 0.598 e. The molecule has 0 aliphatic heterocycles. The van der Waals surface area contributed by atoms with Crippen LogP contribution in [0.25, 0.3) is 10.9 Å². The lowest BCUT2D eigenvalue weighted by Gasteiger charge is -2.31. The van der Waals surface area contributed by atoms with E-state index in [4.69, 9.17) is 5.14 Å². The highest BCUT2D eigenvalue weighted by molar-refractivity contribution is 7.90. The fourth-order valence-electron chi connectivity index (χ4n) is 4.51. The zero-order chi connectivity index (χ0) is 21.7. The Morgan fingerprint density at radius 2 is 1.87 bits per heavy atom. The van der Waals surface area contributed by atoms with Crippen LogP contribution in [-0.2, 0) is 27.8 Å². The fraction of sp³-hybridized carbons (Fsp3) is 0.364. The van der Waals surface area contributed by atoms with Crippen molar-refractivity contribution in [1.29, 1.82) is 0 Å². The molecule has 30 heavy (non-hydrogen) atoms. The van der Waals surface area contributed by atoms with Crippen LogP contribution in [0.15, 0.2) is 53.4 Å². The quantitative estimate of drug-likeness (QED) is 0.592. The third-order valence-corrected chi connectivity index (χ3v) is 9.00. The van der Waals surface area contributed by atoms with Crippen LogP contribution in [0.3, 0.4) is 0 Å². The molecule has 2 atom stereocenters. The van der Waals surface area contributed by atoms with E-state index in [1.807, 2.05) is 32.0 Å². The number of fused-ring (bicyclic) bond motifs is 3. The van der Waals surface area contributed by atoms with E-state index < -0.39 is 31.9 Å². The van der Waals surface area contributed by atoms with Gasteiger partial charge in [0.05, 0.1) is 10.4 Å². The second-order valence-electron chi connectivity index (χ2n) is 8.45. The summed E-state index contributed by atoms with van der Waals surface area (Å²) >= 11 is -1.49. The van der Waals surface area contributed by atoms with Crippen LogP contribution in [-0.4, -0.2) is 21.7 Å². The van der Waals surface area contributed by atoms with E-state index in [0.717, 1.165) is 41.6 Å². The lowest BCUT2D eigenvalue weighted by Crippen LogP contribution is -2.39. The van der Waals surface area contributed by atoms with Crippen molar-refractivity contribution < 1.29 is 17.4 Å². The molecular formula is C22H25FN2O3S2. The summed E-state index contributed by atoms with van der Waals surface area (Å²) in [4.78, 5) is 0.0537. The van der Waals surface area contributed by atoms with Gasteiger partial charge in [-0.2, -0.15) is 5.14 Å². The summed E-state index contributed by atoms with van der Waals surface area (Å²) < 4.78 is 53.4. The molecule has 5 nitrogen and oxygen atoms in total. The van der Waals surface area contributed by atoms with Gasteiger partial charge in [-0.15, -0.1) is 0 Å². The van der Waals surface area contributed by atoms with Gasteiger partial charge in [0.2, 0.25) is 0 Å². The van der Waals surface area contributed by atoms with Crippen molar-refractivity contribution in [2.75, 3.05) is 0 Å². The third kappa shape index (κ3) is 3.56. The minimum absolute atomic E-state index is 0.0537.